The highest BCUT2D eigenvalue weighted by Crippen LogP contribution is 2.48. The van der Waals surface area contributed by atoms with Gasteiger partial charge in [-0.3, -0.25) is 4.57 Å². The summed E-state index contributed by atoms with van der Waals surface area (Å²) in [4.78, 5) is 7.58. The standard InChI is InChI=1S/C57H46N5/c1-39-17-14-18-40(2)56(39)43-33-34-58-55(35-43)62-51-28-11-10-25-49(51)50-32-31-46(37-54(50)62)61(45-24-15-23-44(36-45)60-38-59(3)52-29-12-13-30-53(52)60)57-47(41-19-6-4-7-20-41)26-16-27-48(57)42-21-8-5-9-22-42/h4-8,10-21,23-38H,9,22H2,1-3H3/q+1. The third-order valence-electron chi connectivity index (χ3n) is 12.5. The van der Waals surface area contributed by atoms with Gasteiger partial charge < -0.3 is 4.90 Å². The molecule has 0 atom stereocenters. The molecule has 7 aromatic carbocycles. The fraction of sp³-hybridized carbons (Fsp3) is 0.0877. The number of para-hydroxylation sites is 4. The van der Waals surface area contributed by atoms with Crippen LogP contribution in [0.1, 0.15) is 29.5 Å². The molecule has 0 saturated carbocycles. The number of hydrogen-bond acceptors (Lipinski definition) is 2. The van der Waals surface area contributed by atoms with E-state index in [1.165, 1.54) is 55.2 Å². The van der Waals surface area contributed by atoms with Gasteiger partial charge in [-0.25, -0.2) is 9.55 Å². The van der Waals surface area contributed by atoms with Crippen LogP contribution in [-0.2, 0) is 7.05 Å². The van der Waals surface area contributed by atoms with Crippen LogP contribution in [0.4, 0.5) is 17.1 Å². The van der Waals surface area contributed by atoms with E-state index in [2.05, 4.69) is 234 Å². The second-order valence-electron chi connectivity index (χ2n) is 16.4. The molecular weight excluding hydrogens is 755 g/mol. The van der Waals surface area contributed by atoms with Crippen LogP contribution < -0.4 is 4.90 Å². The van der Waals surface area contributed by atoms with Crippen molar-refractivity contribution in [3.63, 3.8) is 0 Å². The number of fused-ring (bicyclic) bond motifs is 4. The van der Waals surface area contributed by atoms with Crippen LogP contribution in [0.3, 0.4) is 0 Å². The lowest BCUT2D eigenvalue weighted by atomic mass is 9.90. The van der Waals surface area contributed by atoms with Crippen LogP contribution in [-0.4, -0.2) is 18.7 Å². The number of benzene rings is 7. The van der Waals surface area contributed by atoms with Gasteiger partial charge in [0.25, 0.3) is 0 Å². The van der Waals surface area contributed by atoms with Gasteiger partial charge in [0, 0.05) is 65.1 Å². The third-order valence-corrected chi connectivity index (χ3v) is 12.5. The first-order valence-electron chi connectivity index (χ1n) is 21.5. The minimum absolute atomic E-state index is 0.888. The summed E-state index contributed by atoms with van der Waals surface area (Å²) < 4.78 is 6.84. The quantitative estimate of drug-likeness (QED) is 0.143. The second kappa shape index (κ2) is 15.4. The predicted molar refractivity (Wildman–Crippen MR) is 260 cm³/mol. The van der Waals surface area contributed by atoms with E-state index in [4.69, 9.17) is 4.98 Å². The van der Waals surface area contributed by atoms with Gasteiger partial charge in [-0.2, -0.15) is 4.57 Å². The van der Waals surface area contributed by atoms with Crippen LogP contribution >= 0.6 is 0 Å². The Kier molecular flexibility index (Phi) is 9.23. The molecule has 3 heterocycles. The number of nitrogens with zero attached hydrogens (tertiary/aromatic N) is 5. The van der Waals surface area contributed by atoms with Crippen LogP contribution in [0.25, 0.3) is 72.2 Å². The normalized spacial score (nSPS) is 12.7. The maximum atomic E-state index is 5.09. The largest absolute Gasteiger partial charge is 0.308 e. The van der Waals surface area contributed by atoms with Gasteiger partial charge in [-0.15, -0.1) is 0 Å². The number of pyridine rings is 1. The Bertz CT molecular complexity index is 3380. The summed E-state index contributed by atoms with van der Waals surface area (Å²) in [6, 6.07) is 61.9. The first kappa shape index (κ1) is 37.3. The van der Waals surface area contributed by atoms with E-state index in [9.17, 15) is 0 Å². The highest BCUT2D eigenvalue weighted by molar-refractivity contribution is 6.11. The smallest absolute Gasteiger partial charge is 0.191 e. The van der Waals surface area contributed by atoms with Crippen molar-refractivity contribution in [1.82, 2.24) is 18.7 Å². The van der Waals surface area contributed by atoms with E-state index in [0.29, 0.717) is 0 Å². The Hall–Kier alpha value is -7.76. The summed E-state index contributed by atoms with van der Waals surface area (Å²) in [5.41, 5.74) is 18.7. The minimum atomic E-state index is 0.888. The highest BCUT2D eigenvalue weighted by atomic mass is 15.2. The first-order valence-corrected chi connectivity index (χ1v) is 21.5. The van der Waals surface area contributed by atoms with Crippen molar-refractivity contribution in [2.45, 2.75) is 26.7 Å². The summed E-state index contributed by atoms with van der Waals surface area (Å²) in [7, 11) is 2.12. The van der Waals surface area contributed by atoms with Gasteiger partial charge in [0.15, 0.2) is 17.4 Å². The molecule has 62 heavy (non-hydrogen) atoms. The van der Waals surface area contributed by atoms with E-state index in [-0.39, 0.29) is 0 Å². The predicted octanol–water partition coefficient (Wildman–Crippen LogP) is 14.9. The molecule has 0 aliphatic heterocycles. The van der Waals surface area contributed by atoms with Crippen molar-refractivity contribution in [2.75, 3.05) is 4.90 Å². The fourth-order valence-electron chi connectivity index (χ4n) is 9.69. The maximum absolute atomic E-state index is 5.09. The van der Waals surface area contributed by atoms with E-state index in [1.807, 2.05) is 6.20 Å². The fourth-order valence-corrected chi connectivity index (χ4v) is 9.69. The van der Waals surface area contributed by atoms with Crippen molar-refractivity contribution in [3.05, 3.63) is 217 Å². The third kappa shape index (κ3) is 6.33. The van der Waals surface area contributed by atoms with E-state index >= 15 is 0 Å². The average Bonchev–Trinajstić information content (AvgIpc) is 3.84. The molecule has 10 aromatic rings. The Morgan fingerprint density at radius 1 is 0.581 bits per heavy atom. The number of aryl methyl sites for hydroxylation is 3. The molecule has 5 heteroatoms. The van der Waals surface area contributed by atoms with E-state index in [0.717, 1.165) is 63.5 Å². The number of hydrogen-bond donors (Lipinski definition) is 0. The second-order valence-corrected chi connectivity index (χ2v) is 16.4. The maximum Gasteiger partial charge on any atom is 0.191 e. The van der Waals surface area contributed by atoms with Crippen molar-refractivity contribution >= 4 is 55.5 Å². The monoisotopic (exact) mass is 800 g/mol. The summed E-state index contributed by atoms with van der Waals surface area (Å²) in [6.45, 7) is 4.39. The molecule has 5 nitrogen and oxygen atoms in total. The lowest BCUT2D eigenvalue weighted by molar-refractivity contribution is 0.911. The SMILES string of the molecule is Cc1cccc(C)c1-c1ccnc(-n2c3ccccc3c3ccc(N(c4cccc(-n5[cH+]n(C)c6ccccc65)c4)c4c(C5=CC=CCC5)cccc4-c4ccccc4)cc32)c1. The van der Waals surface area contributed by atoms with Crippen LogP contribution in [0, 0.1) is 13.8 Å². The molecule has 0 fully saturated rings. The van der Waals surface area contributed by atoms with E-state index < -0.39 is 0 Å². The molecule has 0 spiro atoms. The Labute approximate surface area is 362 Å². The molecule has 0 N–H and O–H groups in total. The Morgan fingerprint density at radius 3 is 2.11 bits per heavy atom. The molecule has 0 unspecified atom stereocenters. The number of aromatic nitrogens is 4. The molecule has 1 aliphatic carbocycles. The number of allylic oxidation sites excluding steroid dienone is 4. The van der Waals surface area contributed by atoms with Crippen LogP contribution in [0.5, 0.6) is 0 Å². The zero-order valence-electron chi connectivity index (χ0n) is 35.2. The summed E-state index contributed by atoms with van der Waals surface area (Å²) in [6.07, 6.45) is 12.9. The minimum Gasteiger partial charge on any atom is -0.308 e. The zero-order chi connectivity index (χ0) is 41.7. The first-order chi connectivity index (χ1) is 30.5. The Balaban J connectivity index is 1.20. The van der Waals surface area contributed by atoms with Gasteiger partial charge in [-0.05, 0) is 115 Å². The molecule has 11 rings (SSSR count). The van der Waals surface area contributed by atoms with Crippen LogP contribution in [0.15, 0.2) is 201 Å². The molecule has 3 aromatic heterocycles. The highest BCUT2D eigenvalue weighted by Gasteiger charge is 2.26. The lowest BCUT2D eigenvalue weighted by Crippen LogP contribution is -2.14. The molecule has 0 amide bonds. The summed E-state index contributed by atoms with van der Waals surface area (Å²) in [5.74, 6) is 0.888. The summed E-state index contributed by atoms with van der Waals surface area (Å²) >= 11 is 0. The average molecular weight is 801 g/mol. The van der Waals surface area contributed by atoms with Crippen molar-refractivity contribution in [1.29, 1.82) is 0 Å². The number of anilines is 3. The van der Waals surface area contributed by atoms with Gasteiger partial charge >= 0.3 is 0 Å². The van der Waals surface area contributed by atoms with Crippen molar-refractivity contribution < 1.29 is 0 Å². The van der Waals surface area contributed by atoms with Crippen molar-refractivity contribution in [3.8, 4) is 33.8 Å². The number of rotatable bonds is 8. The zero-order valence-corrected chi connectivity index (χ0v) is 35.2. The van der Waals surface area contributed by atoms with Gasteiger partial charge in [-0.1, -0.05) is 109 Å². The van der Waals surface area contributed by atoms with Gasteiger partial charge in [0.05, 0.1) is 22.4 Å². The molecule has 0 bridgehead atoms. The number of imidazole rings is 1. The molecule has 1 aliphatic rings. The molecular formula is C57H46N5+. The van der Waals surface area contributed by atoms with E-state index in [1.54, 1.807) is 0 Å². The lowest BCUT2D eigenvalue weighted by Gasteiger charge is -2.31. The van der Waals surface area contributed by atoms with Gasteiger partial charge in [0.2, 0.25) is 0 Å². The van der Waals surface area contributed by atoms with Crippen LogP contribution in [0.2, 0.25) is 0 Å². The molecule has 0 radical (unpaired) electrons. The van der Waals surface area contributed by atoms with Gasteiger partial charge in [0.1, 0.15) is 11.5 Å². The summed E-state index contributed by atoms with van der Waals surface area (Å²) in [5, 5.41) is 2.37. The topological polar surface area (TPSA) is 30.9 Å². The molecule has 0 saturated heterocycles. The Morgan fingerprint density at radius 2 is 1.29 bits per heavy atom. The van der Waals surface area contributed by atoms with Crippen molar-refractivity contribution in [2.24, 2.45) is 7.05 Å². The molecule has 298 valence electrons.